The van der Waals surface area contributed by atoms with Crippen molar-refractivity contribution in [1.29, 1.82) is 0 Å². The van der Waals surface area contributed by atoms with Gasteiger partial charge in [0.25, 0.3) is 0 Å². The van der Waals surface area contributed by atoms with E-state index in [0.29, 0.717) is 19.5 Å². The van der Waals surface area contributed by atoms with Gasteiger partial charge in [0.2, 0.25) is 10.0 Å². The van der Waals surface area contributed by atoms with Crippen LogP contribution in [0, 0.1) is 5.92 Å². The van der Waals surface area contributed by atoms with Crippen LogP contribution in [-0.4, -0.2) is 53.6 Å². The normalized spacial score (nSPS) is 20.4. The maximum atomic E-state index is 12.9. The van der Waals surface area contributed by atoms with Gasteiger partial charge in [-0.2, -0.15) is 4.31 Å². The zero-order valence-electron chi connectivity index (χ0n) is 13.8. The number of benzene rings is 1. The van der Waals surface area contributed by atoms with Crippen molar-refractivity contribution in [2.75, 3.05) is 26.5 Å². The lowest BCUT2D eigenvalue weighted by Gasteiger charge is -2.20. The molecular formula is C14H23ClN2O5S2. The summed E-state index contributed by atoms with van der Waals surface area (Å²) in [6, 6.07) is 3.76. The summed E-state index contributed by atoms with van der Waals surface area (Å²) in [5.41, 5.74) is 5.85. The molecule has 1 aliphatic heterocycles. The predicted molar refractivity (Wildman–Crippen MR) is 93.9 cm³/mol. The fourth-order valence-electron chi connectivity index (χ4n) is 2.63. The van der Waals surface area contributed by atoms with Crippen LogP contribution in [-0.2, 0) is 19.9 Å². The summed E-state index contributed by atoms with van der Waals surface area (Å²) >= 11 is 0. The highest BCUT2D eigenvalue weighted by Gasteiger charge is 2.36. The van der Waals surface area contributed by atoms with E-state index in [9.17, 15) is 16.8 Å². The van der Waals surface area contributed by atoms with Crippen molar-refractivity contribution < 1.29 is 21.6 Å². The second-order valence-corrected chi connectivity index (χ2v) is 9.78. The lowest BCUT2D eigenvalue weighted by molar-refractivity contribution is 0.394. The molecule has 0 saturated carbocycles. The molecule has 2 N–H and O–H groups in total. The highest BCUT2D eigenvalue weighted by atomic mass is 35.5. The molecule has 1 fully saturated rings. The lowest BCUT2D eigenvalue weighted by atomic mass is 10.0. The molecule has 7 nitrogen and oxygen atoms in total. The third kappa shape index (κ3) is 4.20. The number of hydrogen-bond donors (Lipinski definition) is 1. The van der Waals surface area contributed by atoms with E-state index in [2.05, 4.69) is 0 Å². The summed E-state index contributed by atoms with van der Waals surface area (Å²) in [5, 5.41) is 0. The minimum atomic E-state index is -3.84. The Morgan fingerprint density at radius 3 is 2.38 bits per heavy atom. The van der Waals surface area contributed by atoms with Gasteiger partial charge in [-0.25, -0.2) is 16.8 Å². The number of rotatable bonds is 5. The van der Waals surface area contributed by atoms with Crippen molar-refractivity contribution in [2.45, 2.75) is 29.2 Å². The van der Waals surface area contributed by atoms with Crippen LogP contribution >= 0.6 is 12.4 Å². The maximum absolute atomic E-state index is 12.9. The van der Waals surface area contributed by atoms with E-state index in [0.717, 1.165) is 12.3 Å². The summed E-state index contributed by atoms with van der Waals surface area (Å²) in [7, 11) is -6.01. The Morgan fingerprint density at radius 2 is 1.92 bits per heavy atom. The van der Waals surface area contributed by atoms with Crippen LogP contribution < -0.4 is 10.5 Å². The average Bonchev–Trinajstić information content (AvgIpc) is 2.96. The van der Waals surface area contributed by atoms with Gasteiger partial charge >= 0.3 is 0 Å². The van der Waals surface area contributed by atoms with Crippen LogP contribution in [0.3, 0.4) is 0 Å². The summed E-state index contributed by atoms with van der Waals surface area (Å²) < 4.78 is 55.6. The summed E-state index contributed by atoms with van der Waals surface area (Å²) in [5.74, 6) is 0.218. The number of nitrogens with zero attached hydrogens (tertiary/aromatic N) is 1. The molecule has 0 bridgehead atoms. The van der Waals surface area contributed by atoms with E-state index in [1.807, 2.05) is 6.92 Å². The van der Waals surface area contributed by atoms with Crippen LogP contribution in [0.25, 0.3) is 0 Å². The Kier molecular flexibility index (Phi) is 6.68. The summed E-state index contributed by atoms with van der Waals surface area (Å²) in [6.45, 7) is 2.54. The molecule has 1 aromatic carbocycles. The Balaban J connectivity index is 0.00000288. The fraction of sp³-hybridized carbons (Fsp3) is 0.571. The van der Waals surface area contributed by atoms with E-state index in [1.54, 1.807) is 0 Å². The standard InChI is InChI=1S/C14H22N2O5S2.ClH/c1-10(15)11-6-7-16(9-11)23(19,20)14-8-12(22(3,17)18)4-5-13(14)21-2;/h4-5,8,10-11H,6-7,9,15H2,1-3H3;1H. The molecule has 2 rings (SSSR count). The highest BCUT2D eigenvalue weighted by molar-refractivity contribution is 7.91. The largest absolute Gasteiger partial charge is 0.495 e. The van der Waals surface area contributed by atoms with Gasteiger partial charge < -0.3 is 10.5 Å². The van der Waals surface area contributed by atoms with Crippen molar-refractivity contribution in [1.82, 2.24) is 4.31 Å². The van der Waals surface area contributed by atoms with Gasteiger partial charge in [0.1, 0.15) is 10.6 Å². The second-order valence-electron chi connectivity index (χ2n) is 5.86. The van der Waals surface area contributed by atoms with Gasteiger partial charge in [0.15, 0.2) is 9.84 Å². The third-order valence-electron chi connectivity index (χ3n) is 4.11. The molecule has 0 spiro atoms. The molecular weight excluding hydrogens is 376 g/mol. The van der Waals surface area contributed by atoms with E-state index in [4.69, 9.17) is 10.5 Å². The summed E-state index contributed by atoms with van der Waals surface area (Å²) in [6.07, 6.45) is 1.72. The molecule has 138 valence electrons. The topological polar surface area (TPSA) is 107 Å². The van der Waals surface area contributed by atoms with Gasteiger partial charge in [0, 0.05) is 25.4 Å². The molecule has 24 heavy (non-hydrogen) atoms. The first-order valence-electron chi connectivity index (χ1n) is 7.21. The molecule has 10 heteroatoms. The number of ether oxygens (including phenoxy) is 1. The van der Waals surface area contributed by atoms with E-state index < -0.39 is 19.9 Å². The van der Waals surface area contributed by atoms with E-state index >= 15 is 0 Å². The minimum absolute atomic E-state index is 0. The SMILES string of the molecule is COc1ccc(S(C)(=O)=O)cc1S(=O)(=O)N1CCC(C(C)N)C1.Cl. The van der Waals surface area contributed by atoms with Crippen molar-refractivity contribution in [3.63, 3.8) is 0 Å². The number of hydrogen-bond acceptors (Lipinski definition) is 6. The van der Waals surface area contributed by atoms with E-state index in [1.165, 1.54) is 23.5 Å². The van der Waals surface area contributed by atoms with Crippen LogP contribution in [0.2, 0.25) is 0 Å². The minimum Gasteiger partial charge on any atom is -0.495 e. The molecule has 0 amide bonds. The van der Waals surface area contributed by atoms with E-state index in [-0.39, 0.29) is 39.9 Å². The number of halogens is 1. The van der Waals surface area contributed by atoms with Crippen molar-refractivity contribution in [2.24, 2.45) is 11.7 Å². The maximum Gasteiger partial charge on any atom is 0.246 e. The van der Waals surface area contributed by atoms with Gasteiger partial charge in [-0.1, -0.05) is 0 Å². The van der Waals surface area contributed by atoms with Crippen LogP contribution in [0.5, 0.6) is 5.75 Å². The van der Waals surface area contributed by atoms with Crippen LogP contribution in [0.4, 0.5) is 0 Å². The van der Waals surface area contributed by atoms with Crippen molar-refractivity contribution >= 4 is 32.3 Å². The molecule has 1 heterocycles. The van der Waals surface area contributed by atoms with Gasteiger partial charge in [-0.05, 0) is 37.5 Å². The first kappa shape index (κ1) is 21.2. The quantitative estimate of drug-likeness (QED) is 0.788. The molecule has 0 aliphatic carbocycles. The number of methoxy groups -OCH3 is 1. The zero-order valence-corrected chi connectivity index (χ0v) is 16.2. The van der Waals surface area contributed by atoms with Crippen LogP contribution in [0.1, 0.15) is 13.3 Å². The average molecular weight is 399 g/mol. The summed E-state index contributed by atoms with van der Waals surface area (Å²) in [4.78, 5) is -0.187. The smallest absolute Gasteiger partial charge is 0.246 e. The molecule has 1 aromatic rings. The van der Waals surface area contributed by atoms with Crippen molar-refractivity contribution in [3.05, 3.63) is 18.2 Å². The lowest BCUT2D eigenvalue weighted by Crippen LogP contribution is -2.33. The Hall–Kier alpha value is -0.870. The Morgan fingerprint density at radius 1 is 1.29 bits per heavy atom. The first-order chi connectivity index (χ1) is 10.6. The van der Waals surface area contributed by atoms with Crippen LogP contribution in [0.15, 0.2) is 28.0 Å². The zero-order chi connectivity index (χ0) is 17.4. The molecule has 2 atom stereocenters. The fourth-order valence-corrected chi connectivity index (χ4v) is 5.04. The second kappa shape index (κ2) is 7.57. The van der Waals surface area contributed by atoms with Gasteiger partial charge in [0.05, 0.1) is 12.0 Å². The monoisotopic (exact) mass is 398 g/mol. The molecule has 0 radical (unpaired) electrons. The Labute approximate surface area is 149 Å². The predicted octanol–water partition coefficient (Wildman–Crippen LogP) is 0.878. The van der Waals surface area contributed by atoms with Crippen molar-refractivity contribution in [3.8, 4) is 5.75 Å². The molecule has 1 saturated heterocycles. The number of sulfone groups is 1. The van der Waals surface area contributed by atoms with Gasteiger partial charge in [-0.3, -0.25) is 0 Å². The number of nitrogens with two attached hydrogens (primary N) is 1. The Bertz CT molecular complexity index is 793. The molecule has 1 aliphatic rings. The highest BCUT2D eigenvalue weighted by Crippen LogP contribution is 2.32. The van der Waals surface area contributed by atoms with Gasteiger partial charge in [-0.15, -0.1) is 12.4 Å². The molecule has 2 unspecified atom stereocenters. The third-order valence-corrected chi connectivity index (χ3v) is 7.11. The number of sulfonamides is 1. The molecule has 0 aromatic heterocycles. The first-order valence-corrected chi connectivity index (χ1v) is 10.5.